The summed E-state index contributed by atoms with van der Waals surface area (Å²) >= 11 is 0. The van der Waals surface area contributed by atoms with E-state index in [4.69, 9.17) is 6.58 Å². The summed E-state index contributed by atoms with van der Waals surface area (Å²) < 4.78 is 0. The van der Waals surface area contributed by atoms with Crippen LogP contribution in [0.15, 0.2) is 5.57 Å². The first-order chi connectivity index (χ1) is 3.81. The fourth-order valence-electron chi connectivity index (χ4n) is 0.529. The van der Waals surface area contributed by atoms with Gasteiger partial charge in [0.05, 0.1) is 6.92 Å². The largest absolute Gasteiger partial charge is 0.106 e. The molecular weight excluding hydrogens is 96.1 g/mol. The summed E-state index contributed by atoms with van der Waals surface area (Å²) in [5.41, 5.74) is 1.03. The molecule has 0 rings (SSSR count). The second-order valence-electron chi connectivity index (χ2n) is 2.01. The Hall–Kier alpha value is -0.390. The molecule has 0 fully saturated rings. The van der Waals surface area contributed by atoms with Crippen LogP contribution in [-0.4, -0.2) is 0 Å². The Labute approximate surface area is 52.6 Å². The van der Waals surface area contributed by atoms with Gasteiger partial charge in [0, 0.05) is 0 Å². The van der Waals surface area contributed by atoms with Gasteiger partial charge in [-0.1, -0.05) is 19.9 Å². The lowest BCUT2D eigenvalue weighted by Crippen LogP contribution is -1.77. The molecule has 45 valence electrons. The van der Waals surface area contributed by atoms with Crippen molar-refractivity contribution in [1.82, 2.24) is 0 Å². The number of rotatable bonds is 4. The topological polar surface area (TPSA) is 0 Å². The molecule has 1 radical (unpaired) electrons. The van der Waals surface area contributed by atoms with Crippen molar-refractivity contribution >= 4 is 0 Å². The van der Waals surface area contributed by atoms with Crippen molar-refractivity contribution in [3.63, 3.8) is 0 Å². The maximum Gasteiger partial charge on any atom is 0.106 e. The molecule has 0 aromatic carbocycles. The lowest BCUT2D eigenvalue weighted by molar-refractivity contribution is 0.776. The predicted molar refractivity (Wildman–Crippen MR) is 37.3 cm³/mol. The summed E-state index contributed by atoms with van der Waals surface area (Å²) in [6.07, 6.45) is 4.28. The lowest BCUT2D eigenvalue weighted by atomic mass is 10.1. The number of hydrogen-bond acceptors (Lipinski definition) is 0. The van der Waals surface area contributed by atoms with E-state index >= 15 is 0 Å². The molecule has 0 bridgehead atoms. The van der Waals surface area contributed by atoms with Crippen molar-refractivity contribution in [2.24, 2.45) is 0 Å². The van der Waals surface area contributed by atoms with Crippen molar-refractivity contribution in [3.8, 4) is 0 Å². The molecule has 0 heterocycles. The molecule has 8 heavy (non-hydrogen) atoms. The van der Waals surface area contributed by atoms with E-state index in [-0.39, 0.29) is 0 Å². The van der Waals surface area contributed by atoms with E-state index in [1.807, 2.05) is 0 Å². The maximum absolute atomic E-state index is 5.51. The third-order valence-corrected chi connectivity index (χ3v) is 1.17. The van der Waals surface area contributed by atoms with Crippen LogP contribution < -0.4 is 0 Å². The molecule has 0 aliphatic rings. The van der Waals surface area contributed by atoms with Crippen LogP contribution in [-0.2, 0) is 0 Å². The fraction of sp³-hybridized carbons (Fsp3) is 0.625. The molecule has 0 unspecified atom stereocenters. The standard InChI is InChI=1S/C8H14/c1-4-6-7-8(3)5-2/h3H,2,4-7H2,1H3/q+1. The number of hydrogen-bond donors (Lipinski definition) is 0. The van der Waals surface area contributed by atoms with Gasteiger partial charge in [0.15, 0.2) is 0 Å². The monoisotopic (exact) mass is 110 g/mol. The molecule has 0 saturated heterocycles. The average molecular weight is 110 g/mol. The van der Waals surface area contributed by atoms with Crippen LogP contribution >= 0.6 is 0 Å². The number of allylic oxidation sites excluding steroid dienone is 1. The Morgan fingerprint density at radius 2 is 2.25 bits per heavy atom. The first-order valence-corrected chi connectivity index (χ1v) is 3.20. The van der Waals surface area contributed by atoms with Crippen LogP contribution in [0, 0.1) is 13.5 Å². The maximum atomic E-state index is 5.51. The van der Waals surface area contributed by atoms with Gasteiger partial charge >= 0.3 is 0 Å². The summed E-state index contributed by atoms with van der Waals surface area (Å²) in [4.78, 5) is 0. The van der Waals surface area contributed by atoms with Crippen molar-refractivity contribution in [1.29, 1.82) is 0 Å². The van der Waals surface area contributed by atoms with E-state index in [0.717, 1.165) is 18.4 Å². The zero-order chi connectivity index (χ0) is 6.41. The van der Waals surface area contributed by atoms with Gasteiger partial charge in [-0.3, -0.25) is 0 Å². The molecule has 0 N–H and O–H groups in total. The Bertz CT molecular complexity index is 62.4. The van der Waals surface area contributed by atoms with Gasteiger partial charge in [0.2, 0.25) is 0 Å². The normalized spacial score (nSPS) is 9.12. The zero-order valence-electron chi connectivity index (χ0n) is 5.61. The summed E-state index contributed by atoms with van der Waals surface area (Å²) in [5, 5.41) is 0. The second-order valence-corrected chi connectivity index (χ2v) is 2.01. The minimum absolute atomic E-state index is 0.792. The van der Waals surface area contributed by atoms with Gasteiger partial charge in [0.25, 0.3) is 0 Å². The van der Waals surface area contributed by atoms with E-state index in [1.165, 1.54) is 12.8 Å². The molecule has 0 spiro atoms. The van der Waals surface area contributed by atoms with Crippen molar-refractivity contribution in [2.45, 2.75) is 32.6 Å². The zero-order valence-corrected chi connectivity index (χ0v) is 5.61. The summed E-state index contributed by atoms with van der Waals surface area (Å²) in [7, 11) is 0. The van der Waals surface area contributed by atoms with Crippen molar-refractivity contribution in [2.75, 3.05) is 0 Å². The first kappa shape index (κ1) is 7.61. The van der Waals surface area contributed by atoms with Crippen molar-refractivity contribution in [3.05, 3.63) is 19.1 Å². The molecule has 0 heteroatoms. The smallest absolute Gasteiger partial charge is 0.0654 e. The minimum Gasteiger partial charge on any atom is -0.0654 e. The van der Waals surface area contributed by atoms with E-state index in [1.54, 1.807) is 0 Å². The van der Waals surface area contributed by atoms with Crippen molar-refractivity contribution < 1.29 is 0 Å². The molecule has 0 aromatic heterocycles. The van der Waals surface area contributed by atoms with Gasteiger partial charge < -0.3 is 0 Å². The Morgan fingerprint density at radius 1 is 1.62 bits per heavy atom. The van der Waals surface area contributed by atoms with E-state index in [0.29, 0.717) is 0 Å². The molecule has 0 aromatic rings. The van der Waals surface area contributed by atoms with Crippen LogP contribution in [0.2, 0.25) is 0 Å². The van der Waals surface area contributed by atoms with Gasteiger partial charge in [-0.05, 0) is 18.4 Å². The lowest BCUT2D eigenvalue weighted by Gasteiger charge is -1.93. The van der Waals surface area contributed by atoms with Crippen LogP contribution in [0.1, 0.15) is 32.6 Å². The molecule has 0 aliphatic carbocycles. The van der Waals surface area contributed by atoms with Gasteiger partial charge in [-0.25, -0.2) is 0 Å². The highest BCUT2D eigenvalue weighted by Crippen LogP contribution is 2.06. The van der Waals surface area contributed by atoms with Crippen LogP contribution in [0.5, 0.6) is 0 Å². The Balaban J connectivity index is 2.99. The highest BCUT2D eigenvalue weighted by molar-refractivity contribution is 4.91. The van der Waals surface area contributed by atoms with Gasteiger partial charge in [0.1, 0.15) is 6.42 Å². The Kier molecular flexibility index (Phi) is 4.53. The highest BCUT2D eigenvalue weighted by Gasteiger charge is 1.91. The quantitative estimate of drug-likeness (QED) is 0.488. The van der Waals surface area contributed by atoms with E-state index in [2.05, 4.69) is 13.8 Å². The number of unbranched alkanes of at least 4 members (excludes halogenated alkanes) is 1. The second kappa shape index (κ2) is 4.76. The fourth-order valence-corrected chi connectivity index (χ4v) is 0.529. The molecule has 0 atom stereocenters. The molecule has 0 saturated carbocycles. The van der Waals surface area contributed by atoms with Gasteiger partial charge in [-0.2, -0.15) is 0 Å². The van der Waals surface area contributed by atoms with Crippen LogP contribution in [0.4, 0.5) is 0 Å². The SMILES string of the molecule is [CH]=C(C[CH2+])CCCC. The predicted octanol–water partition coefficient (Wildman–Crippen LogP) is 2.76. The van der Waals surface area contributed by atoms with E-state index < -0.39 is 0 Å². The third kappa shape index (κ3) is 3.79. The van der Waals surface area contributed by atoms with Gasteiger partial charge in [-0.15, -0.1) is 0 Å². The third-order valence-electron chi connectivity index (χ3n) is 1.17. The average Bonchev–Trinajstić information content (AvgIpc) is 1.83. The van der Waals surface area contributed by atoms with Crippen LogP contribution in [0.3, 0.4) is 0 Å². The molecule has 0 nitrogen and oxygen atoms in total. The minimum atomic E-state index is 0.792. The Morgan fingerprint density at radius 3 is 2.62 bits per heavy atom. The van der Waals surface area contributed by atoms with Crippen LogP contribution in [0.25, 0.3) is 0 Å². The molecule has 0 aliphatic heterocycles. The van der Waals surface area contributed by atoms with E-state index in [9.17, 15) is 0 Å². The highest BCUT2D eigenvalue weighted by atomic mass is 13.9. The molecule has 0 amide bonds. The summed E-state index contributed by atoms with van der Waals surface area (Å²) in [6, 6.07) is 0. The summed E-state index contributed by atoms with van der Waals surface area (Å²) in [5.74, 6) is 0. The molecular formula is C8H14+. The first-order valence-electron chi connectivity index (χ1n) is 3.20. The summed E-state index contributed by atoms with van der Waals surface area (Å²) in [6.45, 7) is 11.4.